The maximum absolute atomic E-state index is 12.4. The van der Waals surface area contributed by atoms with Gasteiger partial charge in [-0.2, -0.15) is 0 Å². The summed E-state index contributed by atoms with van der Waals surface area (Å²) in [6, 6.07) is 22.7. The number of carbonyl (C=O) groups excluding carboxylic acids is 1. The van der Waals surface area contributed by atoms with Gasteiger partial charge < -0.3 is 14.8 Å². The van der Waals surface area contributed by atoms with Crippen LogP contribution in [0.4, 0.5) is 0 Å². The lowest BCUT2D eigenvalue weighted by Crippen LogP contribution is -2.38. The van der Waals surface area contributed by atoms with Crippen molar-refractivity contribution in [3.63, 3.8) is 0 Å². The highest BCUT2D eigenvalue weighted by molar-refractivity contribution is 5.79. The lowest BCUT2D eigenvalue weighted by atomic mass is 10.0. The van der Waals surface area contributed by atoms with Crippen LogP contribution in [0, 0.1) is 13.8 Å². The van der Waals surface area contributed by atoms with Gasteiger partial charge in [-0.05, 0) is 53.8 Å². The summed E-state index contributed by atoms with van der Waals surface area (Å²) in [5.41, 5.74) is 6.72. The van der Waals surface area contributed by atoms with Crippen LogP contribution in [0.1, 0.15) is 22.3 Å². The topological polar surface area (TPSA) is 50.8 Å². The zero-order chi connectivity index (χ0) is 23.8. The van der Waals surface area contributed by atoms with E-state index in [4.69, 9.17) is 9.47 Å². The van der Waals surface area contributed by atoms with E-state index < -0.39 is 0 Å². The molecule has 1 amide bonds. The molecule has 3 aromatic carbocycles. The van der Waals surface area contributed by atoms with Crippen molar-refractivity contribution in [1.82, 2.24) is 10.2 Å². The van der Waals surface area contributed by atoms with Crippen molar-refractivity contribution in [2.24, 2.45) is 0 Å². The molecule has 0 atom stereocenters. The number of carbonyl (C=O) groups is 1. The number of ether oxygens (including phenoxy) is 2. The van der Waals surface area contributed by atoms with Gasteiger partial charge >= 0.3 is 0 Å². The second kappa shape index (κ2) is 11.8. The van der Waals surface area contributed by atoms with E-state index >= 15 is 0 Å². The Kier molecular flexibility index (Phi) is 8.34. The fourth-order valence-corrected chi connectivity index (χ4v) is 4.19. The summed E-state index contributed by atoms with van der Waals surface area (Å²) in [5, 5.41) is 3.01. The monoisotopic (exact) mass is 458 g/mol. The molecular formula is C29H34N2O3. The van der Waals surface area contributed by atoms with E-state index in [1.807, 2.05) is 24.3 Å². The van der Waals surface area contributed by atoms with E-state index in [1.54, 1.807) is 0 Å². The Morgan fingerprint density at radius 3 is 2.44 bits per heavy atom. The Morgan fingerprint density at radius 2 is 1.71 bits per heavy atom. The fraction of sp³-hybridized carbons (Fsp3) is 0.345. The van der Waals surface area contributed by atoms with Gasteiger partial charge in [0.25, 0.3) is 0 Å². The molecule has 178 valence electrons. The molecule has 0 bridgehead atoms. The van der Waals surface area contributed by atoms with Crippen LogP contribution < -0.4 is 10.1 Å². The molecule has 0 saturated carbocycles. The first-order valence-electron chi connectivity index (χ1n) is 12.0. The van der Waals surface area contributed by atoms with E-state index in [-0.39, 0.29) is 5.91 Å². The van der Waals surface area contributed by atoms with E-state index in [9.17, 15) is 4.79 Å². The maximum atomic E-state index is 12.4. The zero-order valence-corrected chi connectivity index (χ0v) is 20.2. The molecule has 1 aliphatic rings. The van der Waals surface area contributed by atoms with Crippen LogP contribution in [0.2, 0.25) is 0 Å². The summed E-state index contributed by atoms with van der Waals surface area (Å²) in [6.45, 7) is 9.87. The second-order valence-corrected chi connectivity index (χ2v) is 8.92. The van der Waals surface area contributed by atoms with Crippen molar-refractivity contribution >= 4 is 5.91 Å². The third-order valence-corrected chi connectivity index (χ3v) is 6.17. The van der Waals surface area contributed by atoms with E-state index in [1.165, 1.54) is 5.56 Å². The molecule has 4 rings (SSSR count). The summed E-state index contributed by atoms with van der Waals surface area (Å²) >= 11 is 0. The molecule has 1 heterocycles. The summed E-state index contributed by atoms with van der Waals surface area (Å²) in [6.07, 6.45) is 0.376. The smallest absolute Gasteiger partial charge is 0.224 e. The quantitative estimate of drug-likeness (QED) is 0.512. The predicted molar refractivity (Wildman–Crippen MR) is 136 cm³/mol. The van der Waals surface area contributed by atoms with Gasteiger partial charge in [-0.25, -0.2) is 0 Å². The van der Waals surface area contributed by atoms with Gasteiger partial charge in [-0.15, -0.1) is 0 Å². The van der Waals surface area contributed by atoms with E-state index in [2.05, 4.69) is 66.5 Å². The minimum atomic E-state index is 0.0312. The first kappa shape index (κ1) is 24.0. The van der Waals surface area contributed by atoms with Crippen molar-refractivity contribution < 1.29 is 14.3 Å². The number of hydrogen-bond acceptors (Lipinski definition) is 4. The van der Waals surface area contributed by atoms with Crippen LogP contribution in [0.15, 0.2) is 66.7 Å². The van der Waals surface area contributed by atoms with Crippen molar-refractivity contribution in [3.8, 4) is 16.9 Å². The van der Waals surface area contributed by atoms with Crippen molar-refractivity contribution in [2.75, 3.05) is 39.5 Å². The van der Waals surface area contributed by atoms with Gasteiger partial charge in [-0.3, -0.25) is 9.69 Å². The van der Waals surface area contributed by atoms with Crippen molar-refractivity contribution in [1.29, 1.82) is 0 Å². The number of hydrogen-bond donors (Lipinski definition) is 1. The van der Waals surface area contributed by atoms with Crippen molar-refractivity contribution in [3.05, 3.63) is 89.0 Å². The van der Waals surface area contributed by atoms with Crippen LogP contribution in [0.25, 0.3) is 11.1 Å². The average molecular weight is 459 g/mol. The normalized spacial score (nSPS) is 14.1. The van der Waals surface area contributed by atoms with Crippen LogP contribution in [0.3, 0.4) is 0 Å². The highest BCUT2D eigenvalue weighted by Crippen LogP contribution is 2.26. The molecule has 1 aliphatic heterocycles. The summed E-state index contributed by atoms with van der Waals surface area (Å²) in [7, 11) is 0. The third kappa shape index (κ3) is 6.92. The summed E-state index contributed by atoms with van der Waals surface area (Å²) in [4.78, 5) is 14.7. The lowest BCUT2D eigenvalue weighted by Gasteiger charge is -2.26. The van der Waals surface area contributed by atoms with E-state index in [0.29, 0.717) is 19.6 Å². The number of rotatable bonds is 9. The number of benzene rings is 3. The standard InChI is InChI=1S/C29H34N2O3/c1-22-4-3-5-25(18-22)21-30-29(32)20-24-6-8-26(9-7-24)27-10-11-28(23(2)19-27)34-17-14-31-12-15-33-16-13-31/h3-11,18-19H,12-17,20-21H2,1-2H3,(H,30,32). The van der Waals surface area contributed by atoms with Gasteiger partial charge in [0.2, 0.25) is 5.91 Å². The first-order valence-corrected chi connectivity index (χ1v) is 12.0. The van der Waals surface area contributed by atoms with Crippen LogP contribution >= 0.6 is 0 Å². The molecule has 0 radical (unpaired) electrons. The van der Waals surface area contributed by atoms with Gasteiger partial charge in [-0.1, -0.05) is 60.2 Å². The summed E-state index contributed by atoms with van der Waals surface area (Å²) < 4.78 is 11.4. The molecule has 0 spiro atoms. The molecular weight excluding hydrogens is 424 g/mol. The molecule has 5 nitrogen and oxygen atoms in total. The minimum absolute atomic E-state index is 0.0312. The largest absolute Gasteiger partial charge is 0.492 e. The molecule has 1 N–H and O–H groups in total. The zero-order valence-electron chi connectivity index (χ0n) is 20.2. The van der Waals surface area contributed by atoms with Crippen LogP contribution in [-0.4, -0.2) is 50.3 Å². The third-order valence-electron chi connectivity index (χ3n) is 6.17. The van der Waals surface area contributed by atoms with E-state index in [0.717, 1.165) is 66.4 Å². The fourth-order valence-electron chi connectivity index (χ4n) is 4.19. The molecule has 5 heteroatoms. The lowest BCUT2D eigenvalue weighted by molar-refractivity contribution is -0.120. The maximum Gasteiger partial charge on any atom is 0.224 e. The number of morpholine rings is 1. The molecule has 0 aliphatic carbocycles. The molecule has 34 heavy (non-hydrogen) atoms. The molecule has 1 fully saturated rings. The van der Waals surface area contributed by atoms with Gasteiger partial charge in [0.15, 0.2) is 0 Å². The van der Waals surface area contributed by atoms with Gasteiger partial charge in [0, 0.05) is 26.2 Å². The molecule has 0 aromatic heterocycles. The van der Waals surface area contributed by atoms with Crippen LogP contribution in [0.5, 0.6) is 5.75 Å². The van der Waals surface area contributed by atoms with Gasteiger partial charge in [0.05, 0.1) is 19.6 Å². The highest BCUT2D eigenvalue weighted by Gasteiger charge is 2.11. The van der Waals surface area contributed by atoms with Gasteiger partial charge in [0.1, 0.15) is 12.4 Å². The SMILES string of the molecule is Cc1cccc(CNC(=O)Cc2ccc(-c3ccc(OCCN4CCOCC4)c(C)c3)cc2)c1. The molecule has 1 saturated heterocycles. The second-order valence-electron chi connectivity index (χ2n) is 8.92. The van der Waals surface area contributed by atoms with Crippen LogP contribution in [-0.2, 0) is 22.5 Å². The Balaban J connectivity index is 1.27. The average Bonchev–Trinajstić information content (AvgIpc) is 2.85. The Morgan fingerprint density at radius 1 is 0.941 bits per heavy atom. The molecule has 0 unspecified atom stereocenters. The number of nitrogens with zero attached hydrogens (tertiary/aromatic N) is 1. The predicted octanol–water partition coefficient (Wildman–Crippen LogP) is 4.54. The number of amides is 1. The van der Waals surface area contributed by atoms with Crippen molar-refractivity contribution in [2.45, 2.75) is 26.8 Å². The number of aryl methyl sites for hydroxylation is 2. The molecule has 3 aromatic rings. The summed E-state index contributed by atoms with van der Waals surface area (Å²) in [5.74, 6) is 0.961. The Hall–Kier alpha value is -3.15. The Labute approximate surface area is 202 Å². The Bertz CT molecular complexity index is 1090. The highest BCUT2D eigenvalue weighted by atomic mass is 16.5. The first-order chi connectivity index (χ1) is 16.6. The number of nitrogens with one attached hydrogen (secondary N) is 1. The minimum Gasteiger partial charge on any atom is -0.492 e.